The average molecular weight is 300 g/mol. The maximum Gasteiger partial charge on any atom is 0.255 e. The first-order chi connectivity index (χ1) is 10.3. The number of nitrogens with zero attached hydrogens (tertiary/aromatic N) is 1. The summed E-state index contributed by atoms with van der Waals surface area (Å²) in [6, 6.07) is 13.2. The highest BCUT2D eigenvalue weighted by Gasteiger charge is 2.28. The highest BCUT2D eigenvalue weighted by Crippen LogP contribution is 2.30. The van der Waals surface area contributed by atoms with Crippen molar-refractivity contribution in [1.29, 1.82) is 0 Å². The smallest absolute Gasteiger partial charge is 0.255 e. The number of rotatable bonds is 2. The van der Waals surface area contributed by atoms with Crippen LogP contribution in [-0.4, -0.2) is 33.8 Å². The Morgan fingerprint density at radius 2 is 2.00 bits per heavy atom. The Morgan fingerprint density at radius 1 is 1.19 bits per heavy atom. The molecule has 1 aliphatic heterocycles. The molecule has 1 amide bonds. The van der Waals surface area contributed by atoms with E-state index in [2.05, 4.69) is 17.1 Å². The Labute approximate surface area is 127 Å². The topological polar surface area (TPSA) is 53.2 Å². The third-order valence-corrected chi connectivity index (χ3v) is 4.63. The summed E-state index contributed by atoms with van der Waals surface area (Å²) in [6.07, 6.45) is 1.49. The zero-order valence-electron chi connectivity index (χ0n) is 11.5. The van der Waals surface area contributed by atoms with Crippen molar-refractivity contribution in [2.24, 2.45) is 0 Å². The fourth-order valence-electron chi connectivity index (χ4n) is 2.51. The molecule has 0 spiro atoms. The second-order valence-electron chi connectivity index (χ2n) is 4.94. The molecule has 0 saturated carbocycles. The van der Waals surface area contributed by atoms with Gasteiger partial charge in [-0.3, -0.25) is 9.59 Å². The van der Waals surface area contributed by atoms with Crippen LogP contribution in [0.3, 0.4) is 0 Å². The second kappa shape index (κ2) is 6.18. The van der Waals surface area contributed by atoms with Gasteiger partial charge in [0.2, 0.25) is 5.56 Å². The van der Waals surface area contributed by atoms with Crippen LogP contribution in [0, 0.1) is 0 Å². The summed E-state index contributed by atoms with van der Waals surface area (Å²) in [5.41, 5.74) is 1.49. The Balaban J connectivity index is 1.89. The molecule has 0 bridgehead atoms. The van der Waals surface area contributed by atoms with E-state index < -0.39 is 0 Å². The van der Waals surface area contributed by atoms with Gasteiger partial charge in [-0.05, 0) is 11.6 Å². The van der Waals surface area contributed by atoms with E-state index in [1.165, 1.54) is 12.3 Å². The van der Waals surface area contributed by atoms with Gasteiger partial charge in [0.15, 0.2) is 0 Å². The summed E-state index contributed by atoms with van der Waals surface area (Å²) >= 11 is 1.86. The number of carbonyl (C=O) groups excluding carboxylic acids is 1. The molecule has 2 heterocycles. The Kier molecular flexibility index (Phi) is 4.10. The standard InChI is InChI=1S/C16H16N2O2S/c19-15-7-6-13(10-17-15)16(20)18-8-9-21-11-14(18)12-4-2-1-3-5-12/h1-7,10,14H,8-9,11H2,(H,17,19)/t14-/m0/s1. The van der Waals surface area contributed by atoms with Crippen LogP contribution in [0.2, 0.25) is 0 Å². The van der Waals surface area contributed by atoms with E-state index in [4.69, 9.17) is 0 Å². The van der Waals surface area contributed by atoms with Gasteiger partial charge in [0.1, 0.15) is 0 Å². The first-order valence-electron chi connectivity index (χ1n) is 6.88. The number of benzene rings is 1. The van der Waals surface area contributed by atoms with Gasteiger partial charge in [0, 0.05) is 30.3 Å². The van der Waals surface area contributed by atoms with E-state index in [-0.39, 0.29) is 17.5 Å². The number of aromatic amines is 1. The molecule has 1 N–H and O–H groups in total. The number of nitrogens with one attached hydrogen (secondary N) is 1. The third-order valence-electron chi connectivity index (χ3n) is 3.60. The lowest BCUT2D eigenvalue weighted by Gasteiger charge is -2.35. The van der Waals surface area contributed by atoms with Crippen molar-refractivity contribution in [3.63, 3.8) is 0 Å². The minimum absolute atomic E-state index is 0.0274. The fourth-order valence-corrected chi connectivity index (χ4v) is 3.60. The highest BCUT2D eigenvalue weighted by atomic mass is 32.2. The van der Waals surface area contributed by atoms with E-state index in [0.29, 0.717) is 5.56 Å². The van der Waals surface area contributed by atoms with Gasteiger partial charge < -0.3 is 9.88 Å². The number of aromatic nitrogens is 1. The molecule has 1 aliphatic rings. The van der Waals surface area contributed by atoms with Crippen LogP contribution >= 0.6 is 11.8 Å². The number of pyridine rings is 1. The van der Waals surface area contributed by atoms with Gasteiger partial charge in [-0.1, -0.05) is 30.3 Å². The zero-order chi connectivity index (χ0) is 14.7. The van der Waals surface area contributed by atoms with Crippen LogP contribution < -0.4 is 5.56 Å². The van der Waals surface area contributed by atoms with Crippen LogP contribution in [-0.2, 0) is 0 Å². The predicted octanol–water partition coefficient (Wildman–Crippen LogP) is 2.31. The summed E-state index contributed by atoms with van der Waals surface area (Å²) in [5.74, 6) is 1.82. The molecule has 1 atom stereocenters. The normalized spacial score (nSPS) is 18.5. The lowest BCUT2D eigenvalue weighted by Crippen LogP contribution is -2.40. The van der Waals surface area contributed by atoms with Gasteiger partial charge in [0.05, 0.1) is 11.6 Å². The molecule has 5 heteroatoms. The summed E-state index contributed by atoms with van der Waals surface area (Å²) in [4.78, 5) is 28.3. The van der Waals surface area contributed by atoms with Gasteiger partial charge in [0.25, 0.3) is 5.91 Å². The molecular formula is C16H16N2O2S. The predicted molar refractivity (Wildman–Crippen MR) is 84.6 cm³/mol. The van der Waals surface area contributed by atoms with Crippen molar-refractivity contribution in [2.75, 3.05) is 18.1 Å². The number of thioether (sulfide) groups is 1. The minimum atomic E-state index is -0.194. The summed E-state index contributed by atoms with van der Waals surface area (Å²) in [6.45, 7) is 0.724. The molecule has 0 radical (unpaired) electrons. The van der Waals surface area contributed by atoms with E-state index >= 15 is 0 Å². The SMILES string of the molecule is O=C(c1ccc(=O)[nH]c1)N1CCSC[C@H]1c1ccccc1. The first-order valence-corrected chi connectivity index (χ1v) is 8.03. The molecule has 1 saturated heterocycles. The van der Waals surface area contributed by atoms with Crippen LogP contribution in [0.4, 0.5) is 0 Å². The highest BCUT2D eigenvalue weighted by molar-refractivity contribution is 7.99. The molecule has 0 aliphatic carbocycles. The van der Waals surface area contributed by atoms with Crippen LogP contribution in [0.5, 0.6) is 0 Å². The monoisotopic (exact) mass is 300 g/mol. The molecule has 1 aromatic carbocycles. The molecule has 0 unspecified atom stereocenters. The van der Waals surface area contributed by atoms with Crippen molar-refractivity contribution in [1.82, 2.24) is 9.88 Å². The van der Waals surface area contributed by atoms with Crippen LogP contribution in [0.1, 0.15) is 22.0 Å². The molecule has 1 fully saturated rings. The average Bonchev–Trinajstić information content (AvgIpc) is 2.56. The molecule has 21 heavy (non-hydrogen) atoms. The number of H-pyrrole nitrogens is 1. The lowest BCUT2D eigenvalue weighted by molar-refractivity contribution is 0.0701. The maximum absolute atomic E-state index is 12.7. The van der Waals surface area contributed by atoms with Crippen molar-refractivity contribution in [3.8, 4) is 0 Å². The van der Waals surface area contributed by atoms with Gasteiger partial charge in [-0.15, -0.1) is 0 Å². The summed E-state index contributed by atoms with van der Waals surface area (Å²) < 4.78 is 0. The quantitative estimate of drug-likeness (QED) is 0.926. The second-order valence-corrected chi connectivity index (χ2v) is 6.09. The van der Waals surface area contributed by atoms with E-state index in [0.717, 1.165) is 23.6 Å². The fraction of sp³-hybridized carbons (Fsp3) is 0.250. The molecule has 1 aromatic heterocycles. The Hall–Kier alpha value is -2.01. The van der Waals surface area contributed by atoms with E-state index in [9.17, 15) is 9.59 Å². The molecule has 4 nitrogen and oxygen atoms in total. The number of hydrogen-bond donors (Lipinski definition) is 1. The summed E-state index contributed by atoms with van der Waals surface area (Å²) in [7, 11) is 0. The largest absolute Gasteiger partial charge is 0.330 e. The van der Waals surface area contributed by atoms with E-state index in [1.807, 2.05) is 34.9 Å². The number of carbonyl (C=O) groups is 1. The van der Waals surface area contributed by atoms with E-state index in [1.54, 1.807) is 6.07 Å². The van der Waals surface area contributed by atoms with Crippen LogP contribution in [0.15, 0.2) is 53.5 Å². The first kappa shape index (κ1) is 13.9. The number of amides is 1. The Bertz CT molecular complexity index is 664. The number of hydrogen-bond acceptors (Lipinski definition) is 3. The minimum Gasteiger partial charge on any atom is -0.330 e. The molecule has 2 aromatic rings. The van der Waals surface area contributed by atoms with Crippen molar-refractivity contribution >= 4 is 17.7 Å². The van der Waals surface area contributed by atoms with Gasteiger partial charge in [-0.2, -0.15) is 11.8 Å². The molecule has 108 valence electrons. The Morgan fingerprint density at radius 3 is 2.71 bits per heavy atom. The molecule has 3 rings (SSSR count). The zero-order valence-corrected chi connectivity index (χ0v) is 12.3. The summed E-state index contributed by atoms with van der Waals surface area (Å²) in [5, 5.41) is 0. The van der Waals surface area contributed by atoms with Crippen molar-refractivity contribution in [3.05, 3.63) is 70.1 Å². The van der Waals surface area contributed by atoms with Crippen LogP contribution in [0.25, 0.3) is 0 Å². The van der Waals surface area contributed by atoms with Crippen molar-refractivity contribution < 1.29 is 4.79 Å². The van der Waals surface area contributed by atoms with Crippen molar-refractivity contribution in [2.45, 2.75) is 6.04 Å². The van der Waals surface area contributed by atoms with Gasteiger partial charge >= 0.3 is 0 Å². The lowest BCUT2D eigenvalue weighted by atomic mass is 10.1. The third kappa shape index (κ3) is 3.03. The maximum atomic E-state index is 12.7. The van der Waals surface area contributed by atoms with Gasteiger partial charge in [-0.25, -0.2) is 0 Å². The molecular weight excluding hydrogens is 284 g/mol.